The molecular formula is C13H15N3O2. The molecule has 0 saturated heterocycles. The van der Waals surface area contributed by atoms with Crippen LogP contribution in [0, 0.1) is 0 Å². The van der Waals surface area contributed by atoms with Gasteiger partial charge in [0.1, 0.15) is 6.61 Å². The third-order valence-electron chi connectivity index (χ3n) is 2.28. The number of aromatic nitrogens is 2. The van der Waals surface area contributed by atoms with Crippen LogP contribution in [0.1, 0.15) is 5.69 Å². The zero-order valence-corrected chi connectivity index (χ0v) is 9.91. The van der Waals surface area contributed by atoms with Crippen LogP contribution in [0.25, 0.3) is 0 Å². The quantitative estimate of drug-likeness (QED) is 0.806. The first-order valence-corrected chi connectivity index (χ1v) is 5.72. The van der Waals surface area contributed by atoms with Crippen LogP contribution in [-0.2, 0) is 6.54 Å². The summed E-state index contributed by atoms with van der Waals surface area (Å²) in [6.45, 7) is 0.897. The monoisotopic (exact) mass is 245 g/mol. The van der Waals surface area contributed by atoms with Crippen molar-refractivity contribution in [1.82, 2.24) is 9.97 Å². The van der Waals surface area contributed by atoms with Gasteiger partial charge in [-0.15, -0.1) is 0 Å². The van der Waals surface area contributed by atoms with Crippen molar-refractivity contribution < 1.29 is 9.84 Å². The second kappa shape index (κ2) is 6.56. The largest absolute Gasteiger partial charge is 0.475 e. The molecule has 0 aliphatic carbocycles. The molecule has 0 saturated carbocycles. The van der Waals surface area contributed by atoms with Gasteiger partial charge >= 0.3 is 0 Å². The molecule has 0 aliphatic heterocycles. The molecule has 0 fully saturated rings. The van der Waals surface area contributed by atoms with Gasteiger partial charge in [0.15, 0.2) is 0 Å². The van der Waals surface area contributed by atoms with E-state index in [9.17, 15) is 0 Å². The second-order valence-corrected chi connectivity index (χ2v) is 3.63. The van der Waals surface area contributed by atoms with E-state index < -0.39 is 0 Å². The van der Waals surface area contributed by atoms with Crippen molar-refractivity contribution in [1.29, 1.82) is 0 Å². The Morgan fingerprint density at radius 2 is 2.11 bits per heavy atom. The average molecular weight is 245 g/mol. The van der Waals surface area contributed by atoms with E-state index in [1.54, 1.807) is 18.5 Å². The molecule has 2 rings (SSSR count). The lowest BCUT2D eigenvalue weighted by Gasteiger charge is -2.07. The van der Waals surface area contributed by atoms with Crippen LogP contribution in [0.2, 0.25) is 0 Å². The van der Waals surface area contributed by atoms with Crippen molar-refractivity contribution in [2.75, 3.05) is 18.5 Å². The topological polar surface area (TPSA) is 67.3 Å². The Balaban J connectivity index is 1.86. The van der Waals surface area contributed by atoms with Gasteiger partial charge in [-0.05, 0) is 18.2 Å². The molecule has 2 aromatic rings. The summed E-state index contributed by atoms with van der Waals surface area (Å²) >= 11 is 0. The molecule has 0 aliphatic rings. The Hall–Kier alpha value is -2.14. The van der Waals surface area contributed by atoms with Gasteiger partial charge in [-0.1, -0.05) is 6.07 Å². The van der Waals surface area contributed by atoms with Crippen LogP contribution in [0.15, 0.2) is 42.7 Å². The SMILES string of the molecule is OCCOc1ccc(NCc2ccccn2)cn1. The zero-order valence-electron chi connectivity index (χ0n) is 9.91. The molecule has 5 heteroatoms. The van der Waals surface area contributed by atoms with Crippen molar-refractivity contribution in [2.24, 2.45) is 0 Å². The molecule has 0 radical (unpaired) electrons. The number of nitrogens with zero attached hydrogens (tertiary/aromatic N) is 2. The first kappa shape index (κ1) is 12.3. The Labute approximate surface area is 105 Å². The number of aliphatic hydroxyl groups is 1. The molecular weight excluding hydrogens is 230 g/mol. The van der Waals surface area contributed by atoms with Gasteiger partial charge < -0.3 is 15.2 Å². The predicted octanol–water partition coefficient (Wildman–Crippen LogP) is 1.46. The maximum Gasteiger partial charge on any atom is 0.213 e. The van der Waals surface area contributed by atoms with E-state index in [-0.39, 0.29) is 13.2 Å². The number of aliphatic hydroxyl groups excluding tert-OH is 1. The number of ether oxygens (including phenoxy) is 1. The van der Waals surface area contributed by atoms with Gasteiger partial charge in [0.25, 0.3) is 0 Å². The summed E-state index contributed by atoms with van der Waals surface area (Å²) in [5.41, 5.74) is 1.87. The molecule has 5 nitrogen and oxygen atoms in total. The number of anilines is 1. The lowest BCUT2D eigenvalue weighted by Crippen LogP contribution is -2.04. The predicted molar refractivity (Wildman–Crippen MR) is 68.4 cm³/mol. The van der Waals surface area contributed by atoms with Crippen LogP contribution < -0.4 is 10.1 Å². The highest BCUT2D eigenvalue weighted by molar-refractivity contribution is 5.42. The first-order chi connectivity index (χ1) is 8.88. The van der Waals surface area contributed by atoms with Crippen molar-refractivity contribution in [2.45, 2.75) is 6.54 Å². The van der Waals surface area contributed by atoms with Crippen molar-refractivity contribution in [3.05, 3.63) is 48.4 Å². The summed E-state index contributed by atoms with van der Waals surface area (Å²) in [5, 5.41) is 11.8. The van der Waals surface area contributed by atoms with Crippen LogP contribution in [0.3, 0.4) is 0 Å². The van der Waals surface area contributed by atoms with E-state index in [1.165, 1.54) is 0 Å². The van der Waals surface area contributed by atoms with Crippen molar-refractivity contribution in [3.8, 4) is 5.88 Å². The lowest BCUT2D eigenvalue weighted by molar-refractivity contribution is 0.196. The molecule has 0 bridgehead atoms. The Morgan fingerprint density at radius 3 is 2.78 bits per heavy atom. The average Bonchev–Trinajstić information content (AvgIpc) is 2.45. The molecule has 0 unspecified atom stereocenters. The molecule has 0 atom stereocenters. The molecule has 2 heterocycles. The highest BCUT2D eigenvalue weighted by atomic mass is 16.5. The molecule has 0 aromatic carbocycles. The van der Waals surface area contributed by atoms with Gasteiger partial charge in [0.05, 0.1) is 30.7 Å². The zero-order chi connectivity index (χ0) is 12.6. The third-order valence-corrected chi connectivity index (χ3v) is 2.28. The first-order valence-electron chi connectivity index (χ1n) is 5.72. The number of nitrogens with one attached hydrogen (secondary N) is 1. The molecule has 94 valence electrons. The smallest absolute Gasteiger partial charge is 0.213 e. The Morgan fingerprint density at radius 1 is 1.17 bits per heavy atom. The molecule has 2 aromatic heterocycles. The van der Waals surface area contributed by atoms with Crippen LogP contribution >= 0.6 is 0 Å². The summed E-state index contributed by atoms with van der Waals surface area (Å²) in [4.78, 5) is 8.33. The van der Waals surface area contributed by atoms with Gasteiger partial charge in [-0.3, -0.25) is 4.98 Å². The minimum atomic E-state index is -0.0125. The minimum Gasteiger partial charge on any atom is -0.475 e. The number of hydrogen-bond acceptors (Lipinski definition) is 5. The van der Waals surface area contributed by atoms with Crippen LogP contribution in [-0.4, -0.2) is 28.3 Å². The van der Waals surface area contributed by atoms with Gasteiger partial charge in [0.2, 0.25) is 5.88 Å². The van der Waals surface area contributed by atoms with Gasteiger partial charge in [-0.2, -0.15) is 0 Å². The van der Waals surface area contributed by atoms with Crippen LogP contribution in [0.5, 0.6) is 5.88 Å². The van der Waals surface area contributed by atoms with E-state index in [1.807, 2.05) is 24.3 Å². The maximum atomic E-state index is 8.62. The highest BCUT2D eigenvalue weighted by Gasteiger charge is 1.97. The standard InChI is InChI=1S/C13H15N3O2/c17-7-8-18-13-5-4-12(10-16-13)15-9-11-3-1-2-6-14-11/h1-6,10,15,17H,7-9H2. The van der Waals surface area contributed by atoms with E-state index in [0.29, 0.717) is 12.4 Å². The Bertz CT molecular complexity index is 459. The summed E-state index contributed by atoms with van der Waals surface area (Å²) < 4.78 is 5.17. The maximum absolute atomic E-state index is 8.62. The van der Waals surface area contributed by atoms with Gasteiger partial charge in [0, 0.05) is 12.3 Å². The van der Waals surface area contributed by atoms with Crippen molar-refractivity contribution >= 4 is 5.69 Å². The third kappa shape index (κ3) is 3.71. The van der Waals surface area contributed by atoms with E-state index in [4.69, 9.17) is 9.84 Å². The summed E-state index contributed by atoms with van der Waals surface area (Å²) in [6, 6.07) is 9.44. The highest BCUT2D eigenvalue weighted by Crippen LogP contribution is 2.12. The molecule has 0 amide bonds. The normalized spacial score (nSPS) is 10.1. The lowest BCUT2D eigenvalue weighted by atomic mass is 10.3. The summed E-state index contributed by atoms with van der Waals surface area (Å²) in [6.07, 6.45) is 3.46. The van der Waals surface area contributed by atoms with E-state index >= 15 is 0 Å². The second-order valence-electron chi connectivity index (χ2n) is 3.63. The number of rotatable bonds is 6. The van der Waals surface area contributed by atoms with Crippen molar-refractivity contribution in [3.63, 3.8) is 0 Å². The Kier molecular flexibility index (Phi) is 4.49. The summed E-state index contributed by atoms with van der Waals surface area (Å²) in [7, 11) is 0. The van der Waals surface area contributed by atoms with Crippen LogP contribution in [0.4, 0.5) is 5.69 Å². The fraction of sp³-hybridized carbons (Fsp3) is 0.231. The van der Waals surface area contributed by atoms with E-state index in [2.05, 4.69) is 15.3 Å². The van der Waals surface area contributed by atoms with Gasteiger partial charge in [-0.25, -0.2) is 4.98 Å². The van der Waals surface area contributed by atoms with E-state index in [0.717, 1.165) is 11.4 Å². The fourth-order valence-electron chi connectivity index (χ4n) is 1.42. The molecule has 18 heavy (non-hydrogen) atoms. The summed E-state index contributed by atoms with van der Waals surface area (Å²) in [5.74, 6) is 0.507. The molecule has 0 spiro atoms. The molecule has 2 N–H and O–H groups in total. The fourth-order valence-corrected chi connectivity index (χ4v) is 1.42. The number of hydrogen-bond donors (Lipinski definition) is 2. The number of pyridine rings is 2. The minimum absolute atomic E-state index is 0.0125.